The molecule has 82 valence electrons. The quantitative estimate of drug-likeness (QED) is 0.614. The van der Waals surface area contributed by atoms with Crippen LogP contribution in [-0.2, 0) is 9.53 Å². The topological polar surface area (TPSA) is 65.2 Å². The first-order valence-electron chi connectivity index (χ1n) is 4.56. The Morgan fingerprint density at radius 1 is 1.60 bits per heavy atom. The van der Waals surface area contributed by atoms with E-state index in [1.54, 1.807) is 6.20 Å². The Labute approximate surface area is 93.2 Å². The third-order valence-electron chi connectivity index (χ3n) is 1.92. The van der Waals surface area contributed by atoms with Gasteiger partial charge in [-0.05, 0) is 12.1 Å². The number of methoxy groups -OCH3 is 1. The van der Waals surface area contributed by atoms with E-state index in [-0.39, 0.29) is 5.25 Å². The zero-order chi connectivity index (χ0) is 11.3. The van der Waals surface area contributed by atoms with Crippen LogP contribution >= 0.6 is 11.8 Å². The molecule has 4 nitrogen and oxygen atoms in total. The third-order valence-corrected chi connectivity index (χ3v) is 3.07. The highest BCUT2D eigenvalue weighted by atomic mass is 32.2. The molecule has 0 aliphatic carbocycles. The van der Waals surface area contributed by atoms with E-state index in [0.29, 0.717) is 0 Å². The number of hydrogen-bond acceptors (Lipinski definition) is 5. The summed E-state index contributed by atoms with van der Waals surface area (Å²) in [7, 11) is 1.33. The molecule has 5 heteroatoms. The molecule has 0 aromatic carbocycles. The lowest BCUT2D eigenvalue weighted by atomic mass is 10.2. The molecule has 0 aliphatic rings. The van der Waals surface area contributed by atoms with Crippen LogP contribution in [0.15, 0.2) is 29.4 Å². The average Bonchev–Trinajstić information content (AvgIpc) is 2.28. The molecule has 1 aromatic rings. The predicted octanol–water partition coefficient (Wildman–Crippen LogP) is 1.06. The van der Waals surface area contributed by atoms with Crippen molar-refractivity contribution in [1.29, 1.82) is 0 Å². The van der Waals surface area contributed by atoms with Gasteiger partial charge in [-0.25, -0.2) is 4.98 Å². The van der Waals surface area contributed by atoms with E-state index in [0.717, 1.165) is 5.03 Å². The first-order valence-corrected chi connectivity index (χ1v) is 5.44. The molecule has 0 saturated carbocycles. The van der Waals surface area contributed by atoms with Crippen LogP contribution in [0.2, 0.25) is 0 Å². The summed E-state index contributed by atoms with van der Waals surface area (Å²) in [5.41, 5.74) is 5.70. The predicted molar refractivity (Wildman–Crippen MR) is 59.5 cm³/mol. The second-order valence-electron chi connectivity index (χ2n) is 3.04. The lowest BCUT2D eigenvalue weighted by Gasteiger charge is -2.16. The summed E-state index contributed by atoms with van der Waals surface area (Å²) in [5, 5.41) is 0.789. The third kappa shape index (κ3) is 3.53. The number of aromatic nitrogens is 1. The van der Waals surface area contributed by atoms with Gasteiger partial charge in [0.2, 0.25) is 0 Å². The molecular weight excluding hydrogens is 212 g/mol. The number of hydrogen-bond donors (Lipinski definition) is 1. The van der Waals surface area contributed by atoms with Gasteiger partial charge in [0.05, 0.1) is 12.1 Å². The fourth-order valence-corrected chi connectivity index (χ4v) is 1.93. The minimum absolute atomic E-state index is 0.0626. The van der Waals surface area contributed by atoms with Gasteiger partial charge in [-0.1, -0.05) is 13.0 Å². The summed E-state index contributed by atoms with van der Waals surface area (Å²) >= 11 is 1.46. The molecule has 0 unspecified atom stereocenters. The zero-order valence-electron chi connectivity index (χ0n) is 8.71. The van der Waals surface area contributed by atoms with Crippen molar-refractivity contribution in [2.24, 2.45) is 5.73 Å². The Balaban J connectivity index is 2.56. The monoisotopic (exact) mass is 226 g/mol. The van der Waals surface area contributed by atoms with Crippen molar-refractivity contribution in [3.63, 3.8) is 0 Å². The summed E-state index contributed by atoms with van der Waals surface area (Å²) < 4.78 is 4.57. The van der Waals surface area contributed by atoms with Crippen LogP contribution in [0.3, 0.4) is 0 Å². The lowest BCUT2D eigenvalue weighted by Crippen LogP contribution is -2.39. The van der Waals surface area contributed by atoms with Crippen LogP contribution in [0, 0.1) is 0 Å². The van der Waals surface area contributed by atoms with Crippen molar-refractivity contribution in [2.75, 3.05) is 7.11 Å². The molecule has 1 rings (SSSR count). The van der Waals surface area contributed by atoms with E-state index in [2.05, 4.69) is 9.72 Å². The molecule has 0 spiro atoms. The van der Waals surface area contributed by atoms with Gasteiger partial charge >= 0.3 is 5.97 Å². The van der Waals surface area contributed by atoms with Crippen LogP contribution in [0.4, 0.5) is 0 Å². The minimum Gasteiger partial charge on any atom is -0.468 e. The maximum atomic E-state index is 11.2. The number of carbonyl (C=O) groups is 1. The number of pyridine rings is 1. The SMILES string of the molecule is COC(=O)[C@@H](N)[C@@H](C)Sc1ccccn1. The van der Waals surface area contributed by atoms with E-state index >= 15 is 0 Å². The normalized spacial score (nSPS) is 14.3. The maximum Gasteiger partial charge on any atom is 0.323 e. The minimum atomic E-state index is -0.623. The van der Waals surface area contributed by atoms with E-state index in [1.165, 1.54) is 18.9 Å². The highest BCUT2D eigenvalue weighted by Crippen LogP contribution is 2.22. The molecule has 0 fully saturated rings. The number of nitrogens with zero attached hydrogens (tertiary/aromatic N) is 1. The summed E-state index contributed by atoms with van der Waals surface area (Å²) in [6.45, 7) is 1.88. The van der Waals surface area contributed by atoms with Crippen molar-refractivity contribution < 1.29 is 9.53 Å². The molecular formula is C10H14N2O2S. The van der Waals surface area contributed by atoms with Crippen LogP contribution < -0.4 is 5.73 Å². The van der Waals surface area contributed by atoms with Gasteiger partial charge < -0.3 is 10.5 Å². The summed E-state index contributed by atoms with van der Waals surface area (Å²) in [4.78, 5) is 15.3. The van der Waals surface area contributed by atoms with Crippen molar-refractivity contribution >= 4 is 17.7 Å². The van der Waals surface area contributed by atoms with E-state index < -0.39 is 12.0 Å². The Kier molecular flexibility index (Phi) is 4.58. The molecule has 1 heterocycles. The number of nitrogens with two attached hydrogens (primary N) is 1. The maximum absolute atomic E-state index is 11.2. The molecule has 1 aromatic heterocycles. The van der Waals surface area contributed by atoms with Crippen molar-refractivity contribution in [3.8, 4) is 0 Å². The number of carbonyl (C=O) groups excluding carboxylic acids is 1. The molecule has 0 amide bonds. The lowest BCUT2D eigenvalue weighted by molar-refractivity contribution is -0.142. The van der Waals surface area contributed by atoms with Gasteiger partial charge in [0, 0.05) is 11.4 Å². The first kappa shape index (κ1) is 12.0. The Morgan fingerprint density at radius 3 is 2.87 bits per heavy atom. The Hall–Kier alpha value is -1.07. The number of thioether (sulfide) groups is 1. The summed E-state index contributed by atoms with van der Waals surface area (Å²) in [5.74, 6) is -0.397. The van der Waals surface area contributed by atoms with Crippen molar-refractivity contribution in [1.82, 2.24) is 4.98 Å². The fraction of sp³-hybridized carbons (Fsp3) is 0.400. The average molecular weight is 226 g/mol. The second kappa shape index (κ2) is 5.72. The second-order valence-corrected chi connectivity index (χ2v) is 4.44. The molecule has 0 radical (unpaired) electrons. The largest absolute Gasteiger partial charge is 0.468 e. The zero-order valence-corrected chi connectivity index (χ0v) is 9.53. The van der Waals surface area contributed by atoms with Gasteiger partial charge in [0.25, 0.3) is 0 Å². The van der Waals surface area contributed by atoms with Gasteiger partial charge in [-0.3, -0.25) is 4.79 Å². The van der Waals surface area contributed by atoms with Crippen LogP contribution in [-0.4, -0.2) is 29.4 Å². The standard InChI is InChI=1S/C10H14N2O2S/c1-7(9(11)10(13)14-2)15-8-5-3-4-6-12-8/h3-7,9H,11H2,1-2H3/t7-,9+/m1/s1. The van der Waals surface area contributed by atoms with Crippen LogP contribution in [0.25, 0.3) is 0 Å². The molecule has 2 atom stereocenters. The molecule has 0 saturated heterocycles. The fourth-order valence-electron chi connectivity index (χ4n) is 1.01. The van der Waals surface area contributed by atoms with E-state index in [9.17, 15) is 4.79 Å². The molecule has 15 heavy (non-hydrogen) atoms. The Bertz CT molecular complexity index is 318. The van der Waals surface area contributed by atoms with Crippen LogP contribution in [0.5, 0.6) is 0 Å². The van der Waals surface area contributed by atoms with Gasteiger partial charge in [0.15, 0.2) is 0 Å². The highest BCUT2D eigenvalue weighted by molar-refractivity contribution is 7.99. The smallest absolute Gasteiger partial charge is 0.323 e. The first-order chi connectivity index (χ1) is 7.15. The molecule has 0 aliphatic heterocycles. The number of ether oxygens (including phenoxy) is 1. The van der Waals surface area contributed by atoms with E-state index in [4.69, 9.17) is 5.73 Å². The van der Waals surface area contributed by atoms with Gasteiger partial charge in [-0.2, -0.15) is 0 Å². The van der Waals surface area contributed by atoms with Crippen molar-refractivity contribution in [2.45, 2.75) is 23.2 Å². The summed E-state index contributed by atoms with van der Waals surface area (Å²) in [6, 6.07) is 4.99. The van der Waals surface area contributed by atoms with Gasteiger partial charge in [-0.15, -0.1) is 11.8 Å². The summed E-state index contributed by atoms with van der Waals surface area (Å²) in [6.07, 6.45) is 1.71. The highest BCUT2D eigenvalue weighted by Gasteiger charge is 2.22. The van der Waals surface area contributed by atoms with E-state index in [1.807, 2.05) is 25.1 Å². The number of rotatable bonds is 4. The number of esters is 1. The molecule has 2 N–H and O–H groups in total. The van der Waals surface area contributed by atoms with Gasteiger partial charge in [0.1, 0.15) is 6.04 Å². The molecule has 0 bridgehead atoms. The van der Waals surface area contributed by atoms with Crippen molar-refractivity contribution in [3.05, 3.63) is 24.4 Å². The van der Waals surface area contributed by atoms with Crippen LogP contribution in [0.1, 0.15) is 6.92 Å². The Morgan fingerprint density at radius 2 is 2.33 bits per heavy atom.